The molecule has 2 aromatic rings. The van der Waals surface area contributed by atoms with E-state index < -0.39 is 34.8 Å². The van der Waals surface area contributed by atoms with Crippen molar-refractivity contribution >= 4 is 0 Å². The number of hydrogen-bond acceptors (Lipinski definition) is 2. The average Bonchev–Trinajstić information content (AvgIpc) is 2.78. The summed E-state index contributed by atoms with van der Waals surface area (Å²) < 4.78 is 80.5. The van der Waals surface area contributed by atoms with E-state index in [9.17, 15) is 31.6 Å². The molecule has 0 bridgehead atoms. The van der Waals surface area contributed by atoms with Gasteiger partial charge in [0.1, 0.15) is 0 Å². The highest BCUT2D eigenvalue weighted by atomic mass is 19.4. The van der Waals surface area contributed by atoms with Crippen LogP contribution in [0.3, 0.4) is 0 Å². The van der Waals surface area contributed by atoms with Crippen LogP contribution in [0.15, 0.2) is 48.5 Å². The zero-order valence-corrected chi connectivity index (χ0v) is 20.5. The monoisotopic (exact) mass is 498 g/mol. The number of nitriles is 1. The van der Waals surface area contributed by atoms with Crippen molar-refractivity contribution in [2.24, 2.45) is 5.92 Å². The molecule has 2 unspecified atom stereocenters. The molecule has 2 aromatic carbocycles. The SMILES string of the molecule is CCCN(Cc1ccccc1)C(C)CCC(C#N)(c1ccc(C(F)(F)F)c(C(F)(F)F)c1)C(C)C. The minimum atomic E-state index is -5.19. The normalized spacial score (nSPS) is 15.2. The number of rotatable bonds is 10. The van der Waals surface area contributed by atoms with Gasteiger partial charge >= 0.3 is 12.4 Å². The van der Waals surface area contributed by atoms with Crippen molar-refractivity contribution in [3.8, 4) is 6.07 Å². The molecule has 0 aromatic heterocycles. The maximum absolute atomic E-state index is 13.6. The van der Waals surface area contributed by atoms with Gasteiger partial charge in [0, 0.05) is 12.6 Å². The Labute approximate surface area is 203 Å². The molecular formula is C27H32F6N2. The van der Waals surface area contributed by atoms with Crippen LogP contribution in [0.4, 0.5) is 26.3 Å². The largest absolute Gasteiger partial charge is 0.417 e. The molecule has 0 spiro atoms. The van der Waals surface area contributed by atoms with Crippen LogP contribution in [-0.2, 0) is 24.3 Å². The van der Waals surface area contributed by atoms with Gasteiger partial charge in [-0.25, -0.2) is 0 Å². The van der Waals surface area contributed by atoms with Crippen molar-refractivity contribution in [2.75, 3.05) is 6.54 Å². The van der Waals surface area contributed by atoms with Crippen LogP contribution in [0.25, 0.3) is 0 Å². The van der Waals surface area contributed by atoms with E-state index in [2.05, 4.69) is 17.9 Å². The molecular weight excluding hydrogens is 466 g/mol. The summed E-state index contributed by atoms with van der Waals surface area (Å²) >= 11 is 0. The average molecular weight is 499 g/mol. The third kappa shape index (κ3) is 7.00. The fraction of sp³-hybridized carbons (Fsp3) is 0.519. The molecule has 0 heterocycles. The maximum Gasteiger partial charge on any atom is 0.417 e. The first-order valence-electron chi connectivity index (χ1n) is 11.7. The van der Waals surface area contributed by atoms with Crippen LogP contribution in [0.5, 0.6) is 0 Å². The van der Waals surface area contributed by atoms with Crippen molar-refractivity contribution in [3.05, 3.63) is 70.8 Å². The van der Waals surface area contributed by atoms with Crippen molar-refractivity contribution in [2.45, 2.75) is 77.3 Å². The van der Waals surface area contributed by atoms with Gasteiger partial charge in [-0.15, -0.1) is 0 Å². The first-order chi connectivity index (χ1) is 16.3. The molecule has 2 atom stereocenters. The summed E-state index contributed by atoms with van der Waals surface area (Å²) in [6.45, 7) is 8.98. The molecule has 192 valence electrons. The first kappa shape index (κ1) is 28.7. The van der Waals surface area contributed by atoms with Gasteiger partial charge in [0.25, 0.3) is 0 Å². The van der Waals surface area contributed by atoms with Crippen LogP contribution in [-0.4, -0.2) is 17.5 Å². The minimum absolute atomic E-state index is 0.0122. The summed E-state index contributed by atoms with van der Waals surface area (Å²) in [5.41, 5.74) is -3.76. The number of hydrogen-bond donors (Lipinski definition) is 0. The van der Waals surface area contributed by atoms with Crippen LogP contribution >= 0.6 is 0 Å². The fourth-order valence-electron chi connectivity index (χ4n) is 4.50. The zero-order valence-electron chi connectivity index (χ0n) is 20.5. The Balaban J connectivity index is 2.40. The second-order valence-corrected chi connectivity index (χ2v) is 9.34. The van der Waals surface area contributed by atoms with Crippen molar-refractivity contribution in [3.63, 3.8) is 0 Å². The highest BCUT2D eigenvalue weighted by Gasteiger charge is 2.45. The van der Waals surface area contributed by atoms with Gasteiger partial charge in [0.2, 0.25) is 0 Å². The Morgan fingerprint density at radius 1 is 0.886 bits per heavy atom. The predicted molar refractivity (Wildman–Crippen MR) is 124 cm³/mol. The van der Waals surface area contributed by atoms with Crippen LogP contribution in [0.2, 0.25) is 0 Å². The minimum Gasteiger partial charge on any atom is -0.296 e. The molecule has 0 N–H and O–H groups in total. The van der Waals surface area contributed by atoms with E-state index in [0.717, 1.165) is 24.6 Å². The fourth-order valence-corrected chi connectivity index (χ4v) is 4.50. The lowest BCUT2D eigenvalue weighted by molar-refractivity contribution is -0.162. The number of alkyl halides is 6. The molecule has 0 saturated heterocycles. The van der Waals surface area contributed by atoms with E-state index in [-0.39, 0.29) is 18.0 Å². The lowest BCUT2D eigenvalue weighted by Crippen LogP contribution is -2.37. The Morgan fingerprint density at radius 2 is 1.49 bits per heavy atom. The summed E-state index contributed by atoms with van der Waals surface area (Å²) in [7, 11) is 0. The van der Waals surface area contributed by atoms with E-state index in [4.69, 9.17) is 0 Å². The van der Waals surface area contributed by atoms with E-state index in [0.29, 0.717) is 25.1 Å². The predicted octanol–water partition coefficient (Wildman–Crippen LogP) is 8.22. The third-order valence-corrected chi connectivity index (χ3v) is 6.65. The zero-order chi connectivity index (χ0) is 26.4. The van der Waals surface area contributed by atoms with E-state index in [1.165, 1.54) is 0 Å². The summed E-state index contributed by atoms with van der Waals surface area (Å²) in [4.78, 5) is 2.26. The summed E-state index contributed by atoms with van der Waals surface area (Å²) in [6, 6.07) is 14.1. The summed E-state index contributed by atoms with van der Waals surface area (Å²) in [6.07, 6.45) is -8.72. The molecule has 8 heteroatoms. The van der Waals surface area contributed by atoms with Gasteiger partial charge < -0.3 is 0 Å². The molecule has 0 saturated carbocycles. The Bertz CT molecular complexity index is 991. The van der Waals surface area contributed by atoms with Gasteiger partial charge in [-0.1, -0.05) is 57.2 Å². The lowest BCUT2D eigenvalue weighted by Gasteiger charge is -2.36. The molecule has 35 heavy (non-hydrogen) atoms. The molecule has 0 aliphatic heterocycles. The topological polar surface area (TPSA) is 27.0 Å². The molecule has 0 radical (unpaired) electrons. The van der Waals surface area contributed by atoms with E-state index >= 15 is 0 Å². The summed E-state index contributed by atoms with van der Waals surface area (Å²) in [5, 5.41) is 10.1. The van der Waals surface area contributed by atoms with E-state index in [1.807, 2.05) is 37.3 Å². The third-order valence-electron chi connectivity index (χ3n) is 6.65. The molecule has 0 aliphatic carbocycles. The highest BCUT2D eigenvalue weighted by molar-refractivity contribution is 5.42. The second-order valence-electron chi connectivity index (χ2n) is 9.34. The Kier molecular flexibility index (Phi) is 9.41. The number of halogens is 6. The van der Waals surface area contributed by atoms with E-state index in [1.54, 1.807) is 13.8 Å². The summed E-state index contributed by atoms with van der Waals surface area (Å²) in [5.74, 6) is -0.411. The van der Waals surface area contributed by atoms with Gasteiger partial charge in [-0.2, -0.15) is 31.6 Å². The smallest absolute Gasteiger partial charge is 0.296 e. The Morgan fingerprint density at radius 3 is 1.97 bits per heavy atom. The van der Waals surface area contributed by atoms with Gasteiger partial charge in [-0.3, -0.25) is 4.90 Å². The van der Waals surface area contributed by atoms with Gasteiger partial charge in [0.15, 0.2) is 0 Å². The van der Waals surface area contributed by atoms with Crippen molar-refractivity contribution in [1.82, 2.24) is 4.90 Å². The molecule has 0 aliphatic rings. The Hall–Kier alpha value is -2.53. The number of nitrogens with zero attached hydrogens (tertiary/aromatic N) is 2. The maximum atomic E-state index is 13.6. The standard InChI is InChI=1S/C27H32F6N2/c1-5-15-35(17-21-9-7-6-8-10-21)20(4)13-14-25(18-34,19(2)3)22-11-12-23(26(28,29)30)24(16-22)27(31,32)33/h6-12,16,19-20H,5,13-15,17H2,1-4H3. The molecule has 2 nitrogen and oxygen atoms in total. The second kappa shape index (κ2) is 11.5. The number of benzene rings is 2. The quantitative estimate of drug-likeness (QED) is 0.309. The van der Waals surface area contributed by atoms with Crippen molar-refractivity contribution in [1.29, 1.82) is 5.26 Å². The van der Waals surface area contributed by atoms with Crippen LogP contribution < -0.4 is 0 Å². The van der Waals surface area contributed by atoms with Crippen LogP contribution in [0, 0.1) is 17.2 Å². The van der Waals surface area contributed by atoms with Gasteiger partial charge in [-0.05, 0) is 61.9 Å². The van der Waals surface area contributed by atoms with Crippen molar-refractivity contribution < 1.29 is 26.3 Å². The molecule has 0 amide bonds. The van der Waals surface area contributed by atoms with Crippen LogP contribution in [0.1, 0.15) is 69.2 Å². The molecule has 2 rings (SSSR count). The van der Waals surface area contributed by atoms with Gasteiger partial charge in [0.05, 0.1) is 22.6 Å². The molecule has 0 fully saturated rings. The highest BCUT2D eigenvalue weighted by Crippen LogP contribution is 2.44. The first-order valence-corrected chi connectivity index (χ1v) is 11.7. The lowest BCUT2D eigenvalue weighted by atomic mass is 9.68.